The number of ether oxygens (including phenoxy) is 1. The van der Waals surface area contributed by atoms with Crippen LogP contribution in [0.2, 0.25) is 0 Å². The minimum atomic E-state index is -4.28. The first-order valence-corrected chi connectivity index (χ1v) is 10.7. The second-order valence-corrected chi connectivity index (χ2v) is 8.71. The molecule has 0 spiro atoms. The molecule has 31 heavy (non-hydrogen) atoms. The molecule has 2 aliphatic carbocycles. The Kier molecular flexibility index (Phi) is 6.20. The molecule has 2 aromatic heterocycles. The number of aliphatic hydroxyl groups excluding tert-OH is 2. The zero-order chi connectivity index (χ0) is 22.2. The van der Waals surface area contributed by atoms with E-state index in [0.29, 0.717) is 42.5 Å². The molecule has 0 amide bonds. The number of alkyl halides is 3. The van der Waals surface area contributed by atoms with Gasteiger partial charge in [-0.1, -0.05) is 0 Å². The van der Waals surface area contributed by atoms with E-state index in [-0.39, 0.29) is 30.2 Å². The molecule has 0 unspecified atom stereocenters. The number of pyridine rings is 1. The van der Waals surface area contributed by atoms with Crippen molar-refractivity contribution in [2.24, 2.45) is 0 Å². The maximum Gasteiger partial charge on any atom is 0.391 e. The summed E-state index contributed by atoms with van der Waals surface area (Å²) in [5.41, 5.74) is 1.49. The van der Waals surface area contributed by atoms with Gasteiger partial charge in [0.05, 0.1) is 29.5 Å². The van der Waals surface area contributed by atoms with Crippen molar-refractivity contribution in [2.75, 3.05) is 5.32 Å². The molecule has 0 aromatic carbocycles. The predicted octanol–water partition coefficient (Wildman–Crippen LogP) is 3.70. The molecule has 2 fully saturated rings. The van der Waals surface area contributed by atoms with Crippen LogP contribution < -0.4 is 10.1 Å². The zero-order valence-electron chi connectivity index (χ0n) is 17.3. The second kappa shape index (κ2) is 8.74. The molecule has 0 radical (unpaired) electrons. The van der Waals surface area contributed by atoms with E-state index in [4.69, 9.17) is 4.74 Å². The molecule has 3 N–H and O–H groups in total. The van der Waals surface area contributed by atoms with Crippen LogP contribution in [-0.2, 0) is 0 Å². The Balaban J connectivity index is 1.64. The van der Waals surface area contributed by atoms with Crippen LogP contribution in [0.3, 0.4) is 0 Å². The van der Waals surface area contributed by atoms with Crippen LogP contribution in [-0.4, -0.2) is 55.7 Å². The van der Waals surface area contributed by atoms with Gasteiger partial charge in [0.2, 0.25) is 11.8 Å². The lowest BCUT2D eigenvalue weighted by atomic mass is 9.83. The normalized spacial score (nSPS) is 27.5. The lowest BCUT2D eigenvalue weighted by Crippen LogP contribution is -2.37. The van der Waals surface area contributed by atoms with Gasteiger partial charge in [-0.25, -0.2) is 15.0 Å². The standard InChI is InChI=1S/C21H27F3N4O3/c1-11(8-21(22,23)24)27-20-26-10-17-18(28-20)16(12-2-4-13(29)5-3-12)9-25-19(17)31-15-6-14(30)7-15/h9-15,29-30H,2-8H2,1H3,(H,26,27,28)/t11-,12-,13-,14-,15+/m1/s1. The van der Waals surface area contributed by atoms with Crippen molar-refractivity contribution in [3.63, 3.8) is 0 Å². The van der Waals surface area contributed by atoms with Crippen molar-refractivity contribution in [1.82, 2.24) is 15.0 Å². The smallest absolute Gasteiger partial charge is 0.391 e. The van der Waals surface area contributed by atoms with E-state index in [2.05, 4.69) is 20.3 Å². The van der Waals surface area contributed by atoms with Gasteiger partial charge in [0.1, 0.15) is 6.10 Å². The van der Waals surface area contributed by atoms with Crippen LogP contribution in [0.1, 0.15) is 63.4 Å². The summed E-state index contributed by atoms with van der Waals surface area (Å²) in [6.07, 6.45) is 1.15. The van der Waals surface area contributed by atoms with Crippen molar-refractivity contribution in [1.29, 1.82) is 0 Å². The number of nitrogens with zero attached hydrogens (tertiary/aromatic N) is 3. The summed E-state index contributed by atoms with van der Waals surface area (Å²) in [5, 5.41) is 22.7. The fourth-order valence-corrected chi connectivity index (χ4v) is 4.28. The Morgan fingerprint density at radius 2 is 1.81 bits per heavy atom. The molecule has 2 aliphatic rings. The molecule has 2 heterocycles. The van der Waals surface area contributed by atoms with Gasteiger partial charge < -0.3 is 20.3 Å². The van der Waals surface area contributed by atoms with E-state index in [1.807, 2.05) is 0 Å². The summed E-state index contributed by atoms with van der Waals surface area (Å²) in [7, 11) is 0. The van der Waals surface area contributed by atoms with Gasteiger partial charge in [-0.05, 0) is 38.5 Å². The monoisotopic (exact) mass is 440 g/mol. The van der Waals surface area contributed by atoms with Gasteiger partial charge in [0.15, 0.2) is 0 Å². The Labute approximate surface area is 178 Å². The van der Waals surface area contributed by atoms with Crippen LogP contribution in [0, 0.1) is 0 Å². The zero-order valence-corrected chi connectivity index (χ0v) is 17.3. The van der Waals surface area contributed by atoms with E-state index in [1.54, 1.807) is 6.20 Å². The van der Waals surface area contributed by atoms with Gasteiger partial charge in [-0.3, -0.25) is 0 Å². The van der Waals surface area contributed by atoms with Gasteiger partial charge in [0.25, 0.3) is 0 Å². The van der Waals surface area contributed by atoms with Gasteiger partial charge >= 0.3 is 6.18 Å². The quantitative estimate of drug-likeness (QED) is 0.630. The van der Waals surface area contributed by atoms with Crippen molar-refractivity contribution in [2.45, 2.75) is 88.3 Å². The van der Waals surface area contributed by atoms with E-state index in [1.165, 1.54) is 13.1 Å². The number of aliphatic hydroxyl groups is 2. The largest absolute Gasteiger partial charge is 0.474 e. The number of halogens is 3. The summed E-state index contributed by atoms with van der Waals surface area (Å²) in [4.78, 5) is 13.2. The molecule has 4 rings (SSSR count). The number of hydrogen-bond acceptors (Lipinski definition) is 7. The maximum atomic E-state index is 12.7. The number of anilines is 1. The molecule has 2 aromatic rings. The third-order valence-electron chi connectivity index (χ3n) is 6.01. The molecule has 0 saturated heterocycles. The number of hydrogen-bond donors (Lipinski definition) is 3. The first kappa shape index (κ1) is 22.0. The molecule has 7 nitrogen and oxygen atoms in total. The summed E-state index contributed by atoms with van der Waals surface area (Å²) in [5.74, 6) is 0.632. The minimum Gasteiger partial charge on any atom is -0.474 e. The number of fused-ring (bicyclic) bond motifs is 1. The fraction of sp³-hybridized carbons (Fsp3) is 0.667. The highest BCUT2D eigenvalue weighted by molar-refractivity contribution is 5.86. The summed E-state index contributed by atoms with van der Waals surface area (Å²) < 4.78 is 44.0. The van der Waals surface area contributed by atoms with Crippen LogP contribution >= 0.6 is 0 Å². The molecule has 0 bridgehead atoms. The number of rotatable bonds is 6. The first-order valence-electron chi connectivity index (χ1n) is 10.7. The van der Waals surface area contributed by atoms with E-state index >= 15 is 0 Å². The Morgan fingerprint density at radius 1 is 1.10 bits per heavy atom. The second-order valence-electron chi connectivity index (χ2n) is 8.71. The Morgan fingerprint density at radius 3 is 2.45 bits per heavy atom. The molecule has 170 valence electrons. The Hall–Kier alpha value is -2.20. The molecule has 1 atom stereocenters. The molecular weight excluding hydrogens is 413 g/mol. The van der Waals surface area contributed by atoms with Gasteiger partial charge in [-0.2, -0.15) is 13.2 Å². The van der Waals surface area contributed by atoms with Crippen molar-refractivity contribution in [3.05, 3.63) is 18.0 Å². The average molecular weight is 440 g/mol. The SMILES string of the molecule is C[C@H](CC(F)(F)F)Nc1ncc2c(O[C@H]3C[C@@H](O)C3)ncc([C@H]3CC[C@H](O)CC3)c2n1. The van der Waals surface area contributed by atoms with E-state index in [9.17, 15) is 23.4 Å². The lowest BCUT2D eigenvalue weighted by Gasteiger charge is -2.31. The molecular formula is C21H27F3N4O3. The fourth-order valence-electron chi connectivity index (χ4n) is 4.28. The van der Waals surface area contributed by atoms with E-state index < -0.39 is 18.6 Å². The number of aromatic nitrogens is 3. The summed E-state index contributed by atoms with van der Waals surface area (Å²) in [6.45, 7) is 1.44. The molecule has 10 heteroatoms. The molecule has 2 saturated carbocycles. The van der Waals surface area contributed by atoms with Crippen LogP contribution in [0.4, 0.5) is 19.1 Å². The third-order valence-corrected chi connectivity index (χ3v) is 6.01. The summed E-state index contributed by atoms with van der Waals surface area (Å²) >= 11 is 0. The predicted molar refractivity (Wildman–Crippen MR) is 108 cm³/mol. The lowest BCUT2D eigenvalue weighted by molar-refractivity contribution is -0.136. The highest BCUT2D eigenvalue weighted by atomic mass is 19.4. The first-order chi connectivity index (χ1) is 14.7. The van der Waals surface area contributed by atoms with Crippen molar-refractivity contribution in [3.8, 4) is 5.88 Å². The van der Waals surface area contributed by atoms with Crippen molar-refractivity contribution < 1.29 is 28.1 Å². The summed E-state index contributed by atoms with van der Waals surface area (Å²) in [6, 6.07) is -0.875. The van der Waals surface area contributed by atoms with Crippen molar-refractivity contribution >= 4 is 16.9 Å². The van der Waals surface area contributed by atoms with Gasteiger partial charge in [0, 0.05) is 36.8 Å². The maximum absolute atomic E-state index is 12.7. The highest BCUT2D eigenvalue weighted by Gasteiger charge is 2.32. The molecule has 0 aliphatic heterocycles. The van der Waals surface area contributed by atoms with Crippen LogP contribution in [0.5, 0.6) is 5.88 Å². The van der Waals surface area contributed by atoms with Crippen LogP contribution in [0.15, 0.2) is 12.4 Å². The topological polar surface area (TPSA) is 100 Å². The Bertz CT molecular complexity index is 913. The minimum absolute atomic E-state index is 0.123. The van der Waals surface area contributed by atoms with Gasteiger partial charge in [-0.15, -0.1) is 0 Å². The number of nitrogens with one attached hydrogen (secondary N) is 1. The average Bonchev–Trinajstić information content (AvgIpc) is 2.66. The van der Waals surface area contributed by atoms with Crippen LogP contribution in [0.25, 0.3) is 10.9 Å². The van der Waals surface area contributed by atoms with E-state index in [0.717, 1.165) is 18.4 Å². The third kappa shape index (κ3) is 5.35. The highest BCUT2D eigenvalue weighted by Crippen LogP contribution is 2.38.